The lowest BCUT2D eigenvalue weighted by Crippen LogP contribution is -2.53. The van der Waals surface area contributed by atoms with E-state index in [1.54, 1.807) is 30.8 Å². The highest BCUT2D eigenvalue weighted by molar-refractivity contribution is 5.56. The van der Waals surface area contributed by atoms with Gasteiger partial charge in [0.15, 0.2) is 0 Å². The molecule has 5 rings (SSSR count). The van der Waals surface area contributed by atoms with Crippen molar-refractivity contribution in [3.63, 3.8) is 0 Å². The van der Waals surface area contributed by atoms with E-state index in [1.165, 1.54) is 18.0 Å². The first-order chi connectivity index (χ1) is 16.5. The molecule has 1 saturated heterocycles. The fraction of sp³-hybridized carbons (Fsp3) is 0.333. The first-order valence-electron chi connectivity index (χ1n) is 11.2. The van der Waals surface area contributed by atoms with Crippen molar-refractivity contribution < 1.29 is 4.52 Å². The molecule has 1 aliphatic rings. The minimum Gasteiger partial charge on any atom is -0.339 e. The molecule has 0 N–H and O–H groups in total. The second-order valence-corrected chi connectivity index (χ2v) is 8.54. The topological polar surface area (TPSA) is 106 Å². The van der Waals surface area contributed by atoms with E-state index >= 15 is 0 Å². The summed E-state index contributed by atoms with van der Waals surface area (Å²) in [4.78, 5) is 34.5. The third kappa shape index (κ3) is 4.44. The van der Waals surface area contributed by atoms with E-state index in [9.17, 15) is 4.79 Å². The van der Waals surface area contributed by atoms with E-state index in [-0.39, 0.29) is 11.6 Å². The lowest BCUT2D eigenvalue weighted by Gasteiger charge is -2.41. The summed E-state index contributed by atoms with van der Waals surface area (Å²) in [7, 11) is 1.76. The number of nitrogens with zero attached hydrogens (tertiary/aromatic N) is 8. The molecule has 34 heavy (non-hydrogen) atoms. The van der Waals surface area contributed by atoms with Gasteiger partial charge in [0.25, 0.3) is 5.56 Å². The molecule has 0 saturated carbocycles. The molecule has 0 aliphatic carbocycles. The van der Waals surface area contributed by atoms with Crippen LogP contribution in [0, 0.1) is 6.92 Å². The average molecular weight is 459 g/mol. The molecular formula is C24H26N8O2. The van der Waals surface area contributed by atoms with Crippen LogP contribution in [-0.4, -0.2) is 60.2 Å². The predicted octanol–water partition coefficient (Wildman–Crippen LogP) is 2.31. The van der Waals surface area contributed by atoms with Crippen LogP contribution in [0.2, 0.25) is 0 Å². The summed E-state index contributed by atoms with van der Waals surface area (Å²) in [6.45, 7) is 7.29. The fourth-order valence-electron chi connectivity index (χ4n) is 4.27. The Hall–Kier alpha value is -3.92. The zero-order chi connectivity index (χ0) is 23.7. The Morgan fingerprint density at radius 1 is 1.09 bits per heavy atom. The van der Waals surface area contributed by atoms with Gasteiger partial charge in [-0.2, -0.15) is 4.98 Å². The van der Waals surface area contributed by atoms with E-state index in [2.05, 4.69) is 49.0 Å². The maximum Gasteiger partial charge on any atom is 0.255 e. The van der Waals surface area contributed by atoms with Crippen LogP contribution in [0.3, 0.4) is 0 Å². The van der Waals surface area contributed by atoms with E-state index in [4.69, 9.17) is 9.51 Å². The van der Waals surface area contributed by atoms with Crippen molar-refractivity contribution in [2.45, 2.75) is 26.4 Å². The average Bonchev–Trinajstić information content (AvgIpc) is 3.28. The minimum absolute atomic E-state index is 0.106. The maximum absolute atomic E-state index is 12.6. The van der Waals surface area contributed by atoms with Crippen LogP contribution in [-0.2, 0) is 13.6 Å². The zero-order valence-corrected chi connectivity index (χ0v) is 19.4. The Morgan fingerprint density at radius 2 is 1.91 bits per heavy atom. The van der Waals surface area contributed by atoms with Crippen LogP contribution in [0.4, 0.5) is 5.95 Å². The summed E-state index contributed by atoms with van der Waals surface area (Å²) in [6, 6.07) is 11.7. The van der Waals surface area contributed by atoms with Gasteiger partial charge in [-0.05, 0) is 18.6 Å². The number of rotatable bonds is 5. The van der Waals surface area contributed by atoms with E-state index in [0.29, 0.717) is 29.1 Å². The highest BCUT2D eigenvalue weighted by Crippen LogP contribution is 2.22. The maximum atomic E-state index is 12.6. The van der Waals surface area contributed by atoms with Crippen LogP contribution in [0.15, 0.2) is 58.2 Å². The lowest BCUT2D eigenvalue weighted by molar-refractivity contribution is 0.219. The van der Waals surface area contributed by atoms with Crippen molar-refractivity contribution in [1.29, 1.82) is 0 Å². The number of aromatic nitrogens is 6. The molecule has 1 atom stereocenters. The van der Waals surface area contributed by atoms with Crippen LogP contribution in [0.25, 0.3) is 22.8 Å². The summed E-state index contributed by atoms with van der Waals surface area (Å²) in [6.07, 6.45) is 3.11. The molecule has 10 nitrogen and oxygen atoms in total. The Labute approximate surface area is 196 Å². The van der Waals surface area contributed by atoms with Gasteiger partial charge >= 0.3 is 0 Å². The summed E-state index contributed by atoms with van der Waals surface area (Å²) in [5.74, 6) is 1.82. The molecule has 1 aliphatic heterocycles. The Kier molecular flexibility index (Phi) is 5.89. The normalized spacial score (nSPS) is 16.7. The Morgan fingerprint density at radius 3 is 2.59 bits per heavy atom. The van der Waals surface area contributed by atoms with Gasteiger partial charge in [-0.1, -0.05) is 29.4 Å². The number of piperazine rings is 1. The molecule has 3 aromatic heterocycles. The first kappa shape index (κ1) is 21.9. The molecule has 0 bridgehead atoms. The van der Waals surface area contributed by atoms with Gasteiger partial charge in [0.05, 0.1) is 11.4 Å². The van der Waals surface area contributed by atoms with Crippen molar-refractivity contribution in [3.05, 3.63) is 70.7 Å². The highest BCUT2D eigenvalue weighted by atomic mass is 16.5. The standard InChI is InChI=1S/C24H26N8O2/c1-16-13-31(14-18-4-6-19(7-5-18)23-27-17(2)34-29-23)10-11-32(16)24-28-21(12-22(33)30(24)3)20-8-9-25-15-26-20/h4-9,12,15-16H,10-11,13-14H2,1-3H3/t16-/m1/s1. The van der Waals surface area contributed by atoms with Crippen molar-refractivity contribution in [2.75, 3.05) is 24.5 Å². The van der Waals surface area contributed by atoms with Crippen LogP contribution < -0.4 is 10.5 Å². The van der Waals surface area contributed by atoms with Gasteiger partial charge < -0.3 is 9.42 Å². The van der Waals surface area contributed by atoms with Gasteiger partial charge in [-0.15, -0.1) is 0 Å². The van der Waals surface area contributed by atoms with Gasteiger partial charge in [0, 0.05) is 64.0 Å². The van der Waals surface area contributed by atoms with Crippen molar-refractivity contribution in [1.82, 2.24) is 34.6 Å². The summed E-state index contributed by atoms with van der Waals surface area (Å²) in [5.41, 5.74) is 3.26. The van der Waals surface area contributed by atoms with Gasteiger partial charge in [-0.25, -0.2) is 15.0 Å². The quantitative estimate of drug-likeness (QED) is 0.445. The van der Waals surface area contributed by atoms with Crippen LogP contribution >= 0.6 is 0 Å². The van der Waals surface area contributed by atoms with Crippen molar-refractivity contribution in [2.24, 2.45) is 7.05 Å². The molecule has 10 heteroatoms. The number of anilines is 1. The molecule has 4 aromatic rings. The molecule has 4 heterocycles. The second-order valence-electron chi connectivity index (χ2n) is 8.54. The summed E-state index contributed by atoms with van der Waals surface area (Å²) < 4.78 is 6.68. The molecule has 0 unspecified atom stereocenters. The first-order valence-corrected chi connectivity index (χ1v) is 11.2. The monoisotopic (exact) mass is 458 g/mol. The van der Waals surface area contributed by atoms with E-state index in [1.807, 2.05) is 12.1 Å². The van der Waals surface area contributed by atoms with Gasteiger partial charge in [0.1, 0.15) is 6.33 Å². The SMILES string of the molecule is Cc1nc(-c2ccc(CN3CCN(c4nc(-c5ccncn5)cc(=O)n4C)[C@H](C)C3)cc2)no1. The smallest absolute Gasteiger partial charge is 0.255 e. The van der Waals surface area contributed by atoms with E-state index in [0.717, 1.165) is 31.7 Å². The van der Waals surface area contributed by atoms with E-state index < -0.39 is 0 Å². The number of aryl methyl sites for hydroxylation is 1. The second kappa shape index (κ2) is 9.14. The highest BCUT2D eigenvalue weighted by Gasteiger charge is 2.27. The van der Waals surface area contributed by atoms with Gasteiger partial charge in [-0.3, -0.25) is 14.3 Å². The molecular weight excluding hydrogens is 432 g/mol. The molecule has 174 valence electrons. The number of benzene rings is 1. The number of hydrogen-bond acceptors (Lipinski definition) is 9. The third-order valence-electron chi connectivity index (χ3n) is 6.07. The molecule has 1 fully saturated rings. The third-order valence-corrected chi connectivity index (χ3v) is 6.07. The fourth-order valence-corrected chi connectivity index (χ4v) is 4.27. The molecule has 1 aromatic carbocycles. The number of hydrogen-bond donors (Lipinski definition) is 0. The largest absolute Gasteiger partial charge is 0.339 e. The van der Waals surface area contributed by atoms with Crippen LogP contribution in [0.1, 0.15) is 18.4 Å². The Balaban J connectivity index is 1.29. The van der Waals surface area contributed by atoms with Gasteiger partial charge in [0.2, 0.25) is 17.7 Å². The molecule has 0 spiro atoms. The minimum atomic E-state index is -0.106. The molecule has 0 amide bonds. The predicted molar refractivity (Wildman–Crippen MR) is 127 cm³/mol. The van der Waals surface area contributed by atoms with Crippen molar-refractivity contribution >= 4 is 5.95 Å². The molecule has 0 radical (unpaired) electrons. The summed E-state index contributed by atoms with van der Waals surface area (Å²) >= 11 is 0. The van der Waals surface area contributed by atoms with Crippen LogP contribution in [0.5, 0.6) is 0 Å². The lowest BCUT2D eigenvalue weighted by atomic mass is 10.1. The Bertz CT molecular complexity index is 1330. The summed E-state index contributed by atoms with van der Waals surface area (Å²) in [5, 5.41) is 3.98. The zero-order valence-electron chi connectivity index (χ0n) is 19.4. The van der Waals surface area contributed by atoms with Crippen molar-refractivity contribution in [3.8, 4) is 22.8 Å².